The predicted molar refractivity (Wildman–Crippen MR) is 99.4 cm³/mol. The Morgan fingerprint density at radius 3 is 2.61 bits per heavy atom. The summed E-state index contributed by atoms with van der Waals surface area (Å²) in [6, 6.07) is 4.89. The maximum absolute atomic E-state index is 13.1. The standard InChI is InChI=1S/C17H20F3N5O2S/c1-11(14(26)21-13-6-4-3-5-12(13)17(18,19)20)28-16-23-22-15(24(16)2)25-7-9-27-10-8-25/h3-6,11H,7-10H2,1-2H3,(H,21,26). The predicted octanol–water partition coefficient (Wildman–Crippen LogP) is 2.79. The Morgan fingerprint density at radius 1 is 1.25 bits per heavy atom. The van der Waals surface area contributed by atoms with Crippen molar-refractivity contribution in [3.63, 3.8) is 0 Å². The fraction of sp³-hybridized carbons (Fsp3) is 0.471. The molecule has 1 atom stereocenters. The van der Waals surface area contributed by atoms with E-state index in [0.29, 0.717) is 37.4 Å². The van der Waals surface area contributed by atoms with Gasteiger partial charge in [0.1, 0.15) is 0 Å². The second-order valence-electron chi connectivity index (χ2n) is 6.23. The number of para-hydroxylation sites is 1. The number of nitrogens with one attached hydrogen (secondary N) is 1. The van der Waals surface area contributed by atoms with E-state index in [9.17, 15) is 18.0 Å². The summed E-state index contributed by atoms with van der Waals surface area (Å²) in [6.07, 6.45) is -4.54. The minimum atomic E-state index is -4.54. The van der Waals surface area contributed by atoms with E-state index in [1.54, 1.807) is 18.5 Å². The Bertz CT molecular complexity index is 836. The van der Waals surface area contributed by atoms with Crippen LogP contribution in [0.25, 0.3) is 0 Å². The molecule has 28 heavy (non-hydrogen) atoms. The van der Waals surface area contributed by atoms with E-state index in [2.05, 4.69) is 15.5 Å². The lowest BCUT2D eigenvalue weighted by atomic mass is 10.1. The number of hydrogen-bond donors (Lipinski definition) is 1. The highest BCUT2D eigenvalue weighted by Gasteiger charge is 2.34. The monoisotopic (exact) mass is 415 g/mol. The van der Waals surface area contributed by atoms with Gasteiger partial charge in [-0.05, 0) is 19.1 Å². The van der Waals surface area contributed by atoms with Crippen LogP contribution in [0.3, 0.4) is 0 Å². The number of benzene rings is 1. The molecule has 1 aliphatic rings. The van der Waals surface area contributed by atoms with Crippen LogP contribution in [-0.2, 0) is 22.8 Å². The van der Waals surface area contributed by atoms with E-state index in [1.165, 1.54) is 18.2 Å². The number of anilines is 2. The molecule has 1 aromatic heterocycles. The first kappa shape index (κ1) is 20.5. The number of carbonyl (C=O) groups is 1. The minimum Gasteiger partial charge on any atom is -0.378 e. The van der Waals surface area contributed by atoms with Gasteiger partial charge in [0, 0.05) is 20.1 Å². The van der Waals surface area contributed by atoms with Gasteiger partial charge in [0.05, 0.1) is 29.7 Å². The van der Waals surface area contributed by atoms with E-state index in [4.69, 9.17) is 4.74 Å². The zero-order valence-electron chi connectivity index (χ0n) is 15.4. The molecule has 0 spiro atoms. The highest BCUT2D eigenvalue weighted by molar-refractivity contribution is 8.00. The van der Waals surface area contributed by atoms with Crippen LogP contribution in [0.2, 0.25) is 0 Å². The average Bonchev–Trinajstić information content (AvgIpc) is 3.02. The largest absolute Gasteiger partial charge is 0.418 e. The number of halogens is 3. The molecule has 7 nitrogen and oxygen atoms in total. The number of carbonyl (C=O) groups excluding carboxylic acids is 1. The number of amides is 1. The second-order valence-corrected chi connectivity index (χ2v) is 7.54. The van der Waals surface area contributed by atoms with Gasteiger partial charge in [-0.15, -0.1) is 10.2 Å². The van der Waals surface area contributed by atoms with E-state index in [-0.39, 0.29) is 5.69 Å². The summed E-state index contributed by atoms with van der Waals surface area (Å²) in [5, 5.41) is 10.5. The lowest BCUT2D eigenvalue weighted by Gasteiger charge is -2.27. The highest BCUT2D eigenvalue weighted by Crippen LogP contribution is 2.35. The van der Waals surface area contributed by atoms with Crippen molar-refractivity contribution in [1.82, 2.24) is 14.8 Å². The highest BCUT2D eigenvalue weighted by atomic mass is 32.2. The molecule has 1 saturated heterocycles. The minimum absolute atomic E-state index is 0.264. The van der Waals surface area contributed by atoms with Gasteiger partial charge in [-0.1, -0.05) is 23.9 Å². The van der Waals surface area contributed by atoms with Crippen molar-refractivity contribution in [3.8, 4) is 0 Å². The molecule has 0 aliphatic carbocycles. The van der Waals surface area contributed by atoms with E-state index in [1.807, 2.05) is 4.90 Å². The van der Waals surface area contributed by atoms with Crippen molar-refractivity contribution in [3.05, 3.63) is 29.8 Å². The Balaban J connectivity index is 1.68. The molecule has 0 saturated carbocycles. The van der Waals surface area contributed by atoms with E-state index < -0.39 is 22.9 Å². The SMILES string of the molecule is CC(Sc1nnc(N2CCOCC2)n1C)C(=O)Nc1ccccc1C(F)(F)F. The molecule has 2 aromatic rings. The smallest absolute Gasteiger partial charge is 0.378 e. The number of hydrogen-bond acceptors (Lipinski definition) is 6. The summed E-state index contributed by atoms with van der Waals surface area (Å²) in [5.41, 5.74) is -1.15. The van der Waals surface area contributed by atoms with Gasteiger partial charge >= 0.3 is 6.18 Å². The Morgan fingerprint density at radius 2 is 1.93 bits per heavy atom. The number of aromatic nitrogens is 3. The first-order chi connectivity index (χ1) is 13.3. The molecule has 1 N–H and O–H groups in total. The third kappa shape index (κ3) is 4.58. The van der Waals surface area contributed by atoms with Crippen LogP contribution >= 0.6 is 11.8 Å². The van der Waals surface area contributed by atoms with Crippen LogP contribution < -0.4 is 10.2 Å². The number of ether oxygens (including phenoxy) is 1. The van der Waals surface area contributed by atoms with Crippen molar-refractivity contribution in [2.24, 2.45) is 7.05 Å². The van der Waals surface area contributed by atoms with Crippen LogP contribution in [0.1, 0.15) is 12.5 Å². The van der Waals surface area contributed by atoms with Gasteiger partial charge in [-0.25, -0.2) is 0 Å². The van der Waals surface area contributed by atoms with Crippen molar-refractivity contribution >= 4 is 29.3 Å². The van der Waals surface area contributed by atoms with Gasteiger partial charge in [-0.3, -0.25) is 9.36 Å². The molecule has 3 rings (SSSR count). The summed E-state index contributed by atoms with van der Waals surface area (Å²) in [4.78, 5) is 14.5. The third-order valence-electron chi connectivity index (χ3n) is 4.25. The van der Waals surface area contributed by atoms with Gasteiger partial charge in [0.2, 0.25) is 11.9 Å². The summed E-state index contributed by atoms with van der Waals surface area (Å²) in [7, 11) is 1.79. The summed E-state index contributed by atoms with van der Waals surface area (Å²) >= 11 is 1.13. The number of thioether (sulfide) groups is 1. The Kier molecular flexibility index (Phi) is 6.14. The molecule has 11 heteroatoms. The van der Waals surface area contributed by atoms with Crippen LogP contribution in [0.15, 0.2) is 29.4 Å². The van der Waals surface area contributed by atoms with Gasteiger partial charge in [-0.2, -0.15) is 13.2 Å². The first-order valence-corrected chi connectivity index (χ1v) is 9.51. The van der Waals surface area contributed by atoms with E-state index >= 15 is 0 Å². The maximum atomic E-state index is 13.1. The molecule has 1 amide bonds. The number of morpholine rings is 1. The van der Waals surface area contributed by atoms with Crippen LogP contribution in [0.5, 0.6) is 0 Å². The summed E-state index contributed by atoms with van der Waals surface area (Å²) < 4.78 is 46.3. The quantitative estimate of drug-likeness (QED) is 0.758. The molecule has 1 fully saturated rings. The second kappa shape index (κ2) is 8.39. The van der Waals surface area contributed by atoms with Crippen molar-refractivity contribution in [1.29, 1.82) is 0 Å². The molecule has 152 valence electrons. The number of nitrogens with zero attached hydrogens (tertiary/aromatic N) is 4. The molecule has 0 radical (unpaired) electrons. The lowest BCUT2D eigenvalue weighted by molar-refractivity contribution is -0.137. The first-order valence-electron chi connectivity index (χ1n) is 8.63. The summed E-state index contributed by atoms with van der Waals surface area (Å²) in [6.45, 7) is 4.21. The van der Waals surface area contributed by atoms with Gasteiger partial charge < -0.3 is 15.0 Å². The van der Waals surface area contributed by atoms with Crippen LogP contribution in [0.4, 0.5) is 24.8 Å². The van der Waals surface area contributed by atoms with Gasteiger partial charge in [0.25, 0.3) is 0 Å². The van der Waals surface area contributed by atoms with Crippen LogP contribution in [0, 0.1) is 0 Å². The summed E-state index contributed by atoms with van der Waals surface area (Å²) in [5.74, 6) is 0.124. The molecule has 1 aromatic carbocycles. The van der Waals surface area contributed by atoms with Crippen molar-refractivity contribution in [2.45, 2.75) is 23.5 Å². The average molecular weight is 415 g/mol. The number of alkyl halides is 3. The molecule has 1 unspecified atom stereocenters. The maximum Gasteiger partial charge on any atom is 0.418 e. The molecule has 1 aliphatic heterocycles. The fourth-order valence-corrected chi connectivity index (χ4v) is 3.54. The van der Waals surface area contributed by atoms with E-state index in [0.717, 1.165) is 17.8 Å². The molecule has 2 heterocycles. The van der Waals surface area contributed by atoms with Crippen molar-refractivity contribution < 1.29 is 22.7 Å². The number of rotatable bonds is 5. The fourth-order valence-electron chi connectivity index (χ4n) is 2.73. The molecular formula is C17H20F3N5O2S. The zero-order chi connectivity index (χ0) is 20.3. The third-order valence-corrected chi connectivity index (χ3v) is 5.38. The molecule has 0 bridgehead atoms. The molecular weight excluding hydrogens is 395 g/mol. The zero-order valence-corrected chi connectivity index (χ0v) is 16.2. The topological polar surface area (TPSA) is 72.3 Å². The normalized spacial score (nSPS) is 16.1. The van der Waals surface area contributed by atoms with Crippen LogP contribution in [-0.4, -0.2) is 52.2 Å². The lowest BCUT2D eigenvalue weighted by Crippen LogP contribution is -2.37. The Hall–Kier alpha value is -2.27. The Labute approximate surface area is 164 Å². The van der Waals surface area contributed by atoms with Crippen molar-refractivity contribution in [2.75, 3.05) is 36.5 Å². The van der Waals surface area contributed by atoms with Gasteiger partial charge in [0.15, 0.2) is 5.16 Å².